The molecule has 0 bridgehead atoms. The molecule has 7 nitrogen and oxygen atoms in total. The van der Waals surface area contributed by atoms with Gasteiger partial charge in [-0.3, -0.25) is 0 Å². The van der Waals surface area contributed by atoms with Gasteiger partial charge < -0.3 is 14.2 Å². The fourth-order valence-electron chi connectivity index (χ4n) is 4.77. The van der Waals surface area contributed by atoms with Crippen LogP contribution in [-0.4, -0.2) is 50.6 Å². The number of sulfone groups is 1. The number of piperidine rings is 1. The second kappa shape index (κ2) is 9.89. The van der Waals surface area contributed by atoms with Gasteiger partial charge in [0.1, 0.15) is 5.82 Å². The first-order chi connectivity index (χ1) is 16.0. The van der Waals surface area contributed by atoms with Crippen molar-refractivity contribution in [3.63, 3.8) is 0 Å². The van der Waals surface area contributed by atoms with E-state index < -0.39 is 21.3 Å². The van der Waals surface area contributed by atoms with Gasteiger partial charge in [-0.15, -0.1) is 0 Å². The van der Waals surface area contributed by atoms with Crippen LogP contribution in [-0.2, 0) is 20.2 Å². The predicted octanol–water partition coefficient (Wildman–Crippen LogP) is 4.78. The number of halogens is 2. The summed E-state index contributed by atoms with van der Waals surface area (Å²) in [7, 11) is -3.41. The number of nitrogens with zero attached hydrogens (tertiary/aromatic N) is 3. The Balaban J connectivity index is 1.21. The Bertz CT molecular complexity index is 1080. The molecule has 1 aromatic heterocycles. The Morgan fingerprint density at radius 1 is 1.15 bits per heavy atom. The van der Waals surface area contributed by atoms with Crippen LogP contribution < -0.4 is 4.90 Å². The minimum absolute atomic E-state index is 0.00483. The van der Waals surface area contributed by atoms with E-state index in [0.29, 0.717) is 24.0 Å². The topological polar surface area (TPSA) is 85.5 Å². The Hall–Kier alpha value is -2.07. The maximum Gasteiger partial charge on any atom is 0.266 e. The highest BCUT2D eigenvalue weighted by Crippen LogP contribution is 2.36. The lowest BCUT2D eigenvalue weighted by Gasteiger charge is -2.33. The summed E-state index contributed by atoms with van der Waals surface area (Å²) in [6.07, 6.45) is 6.50. The number of benzene rings is 1. The predicted molar refractivity (Wildman–Crippen MR) is 124 cm³/mol. The van der Waals surface area contributed by atoms with Crippen LogP contribution in [0.4, 0.5) is 14.7 Å². The molecule has 1 aromatic carbocycles. The third kappa shape index (κ3) is 5.94. The molecule has 2 aliphatic rings. The van der Waals surface area contributed by atoms with E-state index in [4.69, 9.17) is 9.26 Å². The van der Waals surface area contributed by atoms with Crippen LogP contribution in [0.5, 0.6) is 0 Å². The molecule has 2 aromatic rings. The van der Waals surface area contributed by atoms with Crippen LogP contribution in [0.15, 0.2) is 27.6 Å². The van der Waals surface area contributed by atoms with Crippen molar-refractivity contribution in [1.29, 1.82) is 0 Å². The Morgan fingerprint density at radius 2 is 1.82 bits per heavy atom. The van der Waals surface area contributed by atoms with E-state index in [0.717, 1.165) is 63.9 Å². The number of rotatable bonds is 7. The minimum atomic E-state index is -3.41. The van der Waals surface area contributed by atoms with E-state index >= 15 is 0 Å². The summed E-state index contributed by atoms with van der Waals surface area (Å²) in [5.74, 6) is 0.526. The molecule has 1 saturated carbocycles. The van der Waals surface area contributed by atoms with Gasteiger partial charge in [-0.25, -0.2) is 17.2 Å². The molecule has 0 atom stereocenters. The van der Waals surface area contributed by atoms with Crippen molar-refractivity contribution < 1.29 is 26.5 Å². The maximum absolute atomic E-state index is 14.5. The average Bonchev–Trinajstić information content (AvgIpc) is 3.29. The minimum Gasteiger partial charge on any atom is -0.378 e. The van der Waals surface area contributed by atoms with Crippen molar-refractivity contribution >= 4 is 15.8 Å². The molecule has 2 heterocycles. The summed E-state index contributed by atoms with van der Waals surface area (Å²) in [4.78, 5) is 6.22. The van der Waals surface area contributed by atoms with Gasteiger partial charge in [0.25, 0.3) is 11.8 Å². The number of hydrogen-bond donors (Lipinski definition) is 0. The molecular weight excluding hydrogens is 464 g/mol. The third-order valence-corrected chi connectivity index (χ3v) is 8.01. The first kappa shape index (κ1) is 25.0. The highest BCUT2D eigenvalue weighted by atomic mass is 32.2. The van der Waals surface area contributed by atoms with Crippen LogP contribution in [0.1, 0.15) is 69.7 Å². The summed E-state index contributed by atoms with van der Waals surface area (Å²) in [5, 5.41) is 3.92. The van der Waals surface area contributed by atoms with Gasteiger partial charge in [0.05, 0.1) is 11.0 Å². The largest absolute Gasteiger partial charge is 0.378 e. The third-order valence-electron chi connectivity index (χ3n) is 6.90. The first-order valence-electron chi connectivity index (χ1n) is 11.9. The summed E-state index contributed by atoms with van der Waals surface area (Å²) in [6.45, 7) is 5.03. The van der Waals surface area contributed by atoms with Crippen molar-refractivity contribution in [2.75, 3.05) is 30.9 Å². The molecular formula is C24H33F2N3O4S. The molecule has 1 saturated heterocycles. The summed E-state index contributed by atoms with van der Waals surface area (Å²) < 4.78 is 63.0. The van der Waals surface area contributed by atoms with Crippen molar-refractivity contribution in [2.24, 2.45) is 5.92 Å². The molecule has 2 fully saturated rings. The molecule has 0 radical (unpaired) electrons. The van der Waals surface area contributed by atoms with Crippen LogP contribution in [0, 0.1) is 11.7 Å². The van der Waals surface area contributed by atoms with E-state index in [1.54, 1.807) is 6.07 Å². The normalized spacial score (nSPS) is 22.8. The molecule has 1 aliphatic carbocycles. The van der Waals surface area contributed by atoms with Gasteiger partial charge in [-0.1, -0.05) is 6.07 Å². The van der Waals surface area contributed by atoms with Crippen molar-refractivity contribution in [1.82, 2.24) is 10.1 Å². The standard InChI is InChI=1S/C24H33F2N3O4S/c1-24(2,26)22-27-23(28-33-22)29-12-10-16(11-13-29)15-32-18-6-4-17(5-7-18)20-9-8-19(14-21(20)25)34(3,30)31/h8-9,14,16-18H,4-7,10-13,15H2,1-3H3. The zero-order valence-electron chi connectivity index (χ0n) is 20.0. The van der Waals surface area contributed by atoms with E-state index in [1.165, 1.54) is 19.9 Å². The van der Waals surface area contributed by atoms with Gasteiger partial charge in [0.15, 0.2) is 15.5 Å². The summed E-state index contributed by atoms with van der Waals surface area (Å²) >= 11 is 0. The number of anilines is 1. The van der Waals surface area contributed by atoms with Crippen molar-refractivity contribution in [3.05, 3.63) is 35.5 Å². The van der Waals surface area contributed by atoms with E-state index in [1.807, 2.05) is 4.90 Å². The lowest BCUT2D eigenvalue weighted by molar-refractivity contribution is 0.000388. The molecule has 4 rings (SSSR count). The maximum atomic E-state index is 14.5. The monoisotopic (exact) mass is 497 g/mol. The zero-order valence-corrected chi connectivity index (χ0v) is 20.8. The average molecular weight is 498 g/mol. The molecule has 1 aliphatic heterocycles. The van der Waals surface area contributed by atoms with Gasteiger partial charge in [0, 0.05) is 26.0 Å². The van der Waals surface area contributed by atoms with E-state index in [9.17, 15) is 17.2 Å². The molecule has 0 unspecified atom stereocenters. The van der Waals surface area contributed by atoms with Crippen LogP contribution in [0.3, 0.4) is 0 Å². The quantitative estimate of drug-likeness (QED) is 0.544. The van der Waals surface area contributed by atoms with Crippen molar-refractivity contribution in [3.8, 4) is 0 Å². The second-order valence-electron chi connectivity index (χ2n) is 10.1. The van der Waals surface area contributed by atoms with E-state index in [-0.39, 0.29) is 22.8 Å². The number of alkyl halides is 1. The highest BCUT2D eigenvalue weighted by Gasteiger charge is 2.30. The van der Waals surface area contributed by atoms with Crippen LogP contribution in [0.2, 0.25) is 0 Å². The lowest BCUT2D eigenvalue weighted by Crippen LogP contribution is -2.36. The van der Waals surface area contributed by atoms with E-state index in [2.05, 4.69) is 10.1 Å². The zero-order chi connectivity index (χ0) is 24.5. The molecule has 0 N–H and O–H groups in total. The Labute approximate surface area is 199 Å². The van der Waals surface area contributed by atoms with Gasteiger partial charge >= 0.3 is 0 Å². The molecule has 188 valence electrons. The second-order valence-corrected chi connectivity index (χ2v) is 12.1. The van der Waals surface area contributed by atoms with Gasteiger partial charge in [-0.2, -0.15) is 4.98 Å². The molecule has 10 heteroatoms. The fourth-order valence-corrected chi connectivity index (χ4v) is 5.40. The fraction of sp³-hybridized carbons (Fsp3) is 0.667. The van der Waals surface area contributed by atoms with Gasteiger partial charge in [0.2, 0.25) is 0 Å². The molecule has 0 spiro atoms. The number of aromatic nitrogens is 2. The van der Waals surface area contributed by atoms with Crippen LogP contribution in [0.25, 0.3) is 0 Å². The van der Waals surface area contributed by atoms with Gasteiger partial charge in [-0.05, 0) is 87.1 Å². The Kier molecular flexibility index (Phi) is 7.28. The highest BCUT2D eigenvalue weighted by molar-refractivity contribution is 7.90. The lowest BCUT2D eigenvalue weighted by atomic mass is 9.82. The molecule has 0 amide bonds. The number of ether oxygens (including phenoxy) is 1. The van der Waals surface area contributed by atoms with Crippen molar-refractivity contribution in [2.45, 2.75) is 75.0 Å². The smallest absolute Gasteiger partial charge is 0.266 e. The number of hydrogen-bond acceptors (Lipinski definition) is 7. The first-order valence-corrected chi connectivity index (χ1v) is 13.8. The van der Waals surface area contributed by atoms with Crippen LogP contribution >= 0.6 is 0 Å². The summed E-state index contributed by atoms with van der Waals surface area (Å²) in [6, 6.07) is 4.25. The molecule has 34 heavy (non-hydrogen) atoms. The SMILES string of the molecule is CC(C)(F)c1nc(N2CCC(COC3CCC(c4ccc(S(C)(=O)=O)cc4F)CC3)CC2)no1. The summed E-state index contributed by atoms with van der Waals surface area (Å²) in [5.41, 5.74) is -1.05. The Morgan fingerprint density at radius 3 is 2.38 bits per heavy atom.